The number of hydrogen-bond donors (Lipinski definition) is 0. The topological polar surface area (TPSA) is 47.9 Å². The number of fused-ring (bicyclic) bond motifs is 1. The Kier molecular flexibility index (Phi) is 5.07. The summed E-state index contributed by atoms with van der Waals surface area (Å²) in [5.41, 5.74) is 3.20. The summed E-state index contributed by atoms with van der Waals surface area (Å²) in [5.74, 6) is 0.240. The highest BCUT2D eigenvalue weighted by Crippen LogP contribution is 2.26. The molecule has 0 saturated heterocycles. The summed E-state index contributed by atoms with van der Waals surface area (Å²) in [5, 5.41) is 4.74. The number of oxime groups is 1. The van der Waals surface area contributed by atoms with Gasteiger partial charge in [-0.25, -0.2) is 4.79 Å². The van der Waals surface area contributed by atoms with Crippen LogP contribution >= 0.6 is 23.2 Å². The molecule has 2 aromatic carbocycles. The molecule has 6 heteroatoms. The van der Waals surface area contributed by atoms with Gasteiger partial charge in [0.05, 0.1) is 28.4 Å². The Morgan fingerprint density at radius 2 is 1.92 bits per heavy atom. The van der Waals surface area contributed by atoms with Gasteiger partial charge in [0.25, 0.3) is 0 Å². The molecule has 0 spiro atoms. The molecular formula is C18H15Cl2NO3. The Morgan fingerprint density at radius 3 is 2.67 bits per heavy atom. The van der Waals surface area contributed by atoms with E-state index in [1.165, 1.54) is 6.07 Å². The van der Waals surface area contributed by atoms with Crippen LogP contribution in [0.15, 0.2) is 41.6 Å². The van der Waals surface area contributed by atoms with Crippen LogP contribution in [-0.2, 0) is 11.3 Å². The lowest BCUT2D eigenvalue weighted by atomic mass is 9.90. The molecule has 4 nitrogen and oxygen atoms in total. The van der Waals surface area contributed by atoms with Gasteiger partial charge < -0.3 is 9.57 Å². The van der Waals surface area contributed by atoms with E-state index in [1.54, 1.807) is 19.2 Å². The number of aryl methyl sites for hydroxylation is 1. The average Bonchev–Trinajstić information content (AvgIpc) is 2.61. The minimum atomic E-state index is -0.568. The number of rotatable bonds is 3. The zero-order valence-corrected chi connectivity index (χ0v) is 14.5. The van der Waals surface area contributed by atoms with Crippen LogP contribution in [0, 0.1) is 0 Å². The van der Waals surface area contributed by atoms with E-state index in [2.05, 4.69) is 5.16 Å². The van der Waals surface area contributed by atoms with E-state index >= 15 is 0 Å². The normalized spacial score (nSPS) is 15.0. The minimum absolute atomic E-state index is 0.300. The van der Waals surface area contributed by atoms with Crippen LogP contribution in [-0.4, -0.2) is 18.8 Å². The van der Waals surface area contributed by atoms with Crippen LogP contribution in [0.3, 0.4) is 0 Å². The van der Waals surface area contributed by atoms with E-state index in [4.69, 9.17) is 32.8 Å². The molecule has 0 atom stereocenters. The largest absolute Gasteiger partial charge is 0.497 e. The fourth-order valence-corrected chi connectivity index (χ4v) is 2.93. The number of hydrogen-bond acceptors (Lipinski definition) is 4. The third-order valence-electron chi connectivity index (χ3n) is 3.88. The van der Waals surface area contributed by atoms with E-state index < -0.39 is 5.97 Å². The van der Waals surface area contributed by atoms with Crippen LogP contribution in [0.4, 0.5) is 0 Å². The van der Waals surface area contributed by atoms with Crippen LogP contribution in [0.1, 0.15) is 34.3 Å². The smallest absolute Gasteiger partial charge is 0.365 e. The molecule has 2 aromatic rings. The second-order valence-corrected chi connectivity index (χ2v) is 6.24. The number of methoxy groups -OCH3 is 1. The molecule has 0 bridgehead atoms. The molecule has 0 heterocycles. The lowest BCUT2D eigenvalue weighted by Crippen LogP contribution is -2.13. The number of halogens is 2. The summed E-state index contributed by atoms with van der Waals surface area (Å²) in [6, 6.07) is 10.4. The average molecular weight is 364 g/mol. The van der Waals surface area contributed by atoms with Crippen LogP contribution in [0.5, 0.6) is 5.75 Å². The van der Waals surface area contributed by atoms with Crippen LogP contribution in [0.25, 0.3) is 0 Å². The first-order valence-corrected chi connectivity index (χ1v) is 8.24. The Bertz CT molecular complexity index is 818. The van der Waals surface area contributed by atoms with Crippen LogP contribution < -0.4 is 4.74 Å². The quantitative estimate of drug-likeness (QED) is 0.575. The maximum absolute atomic E-state index is 12.1. The monoisotopic (exact) mass is 363 g/mol. The first-order valence-electron chi connectivity index (χ1n) is 7.49. The molecule has 0 unspecified atom stereocenters. The molecular weight excluding hydrogens is 349 g/mol. The summed E-state index contributed by atoms with van der Waals surface area (Å²) in [6.07, 6.45) is 2.66. The van der Waals surface area contributed by atoms with Crippen molar-refractivity contribution in [3.8, 4) is 5.75 Å². The number of benzene rings is 2. The Balaban J connectivity index is 1.80. The molecule has 3 rings (SSSR count). The van der Waals surface area contributed by atoms with E-state index in [9.17, 15) is 4.79 Å². The molecule has 0 saturated carbocycles. The van der Waals surface area contributed by atoms with Gasteiger partial charge in [-0.2, -0.15) is 0 Å². The van der Waals surface area contributed by atoms with Crippen molar-refractivity contribution in [3.05, 3.63) is 63.1 Å². The van der Waals surface area contributed by atoms with Crippen molar-refractivity contribution in [2.75, 3.05) is 7.11 Å². The zero-order valence-electron chi connectivity index (χ0n) is 13.0. The highest BCUT2D eigenvalue weighted by Gasteiger charge is 2.18. The van der Waals surface area contributed by atoms with Crippen molar-refractivity contribution in [2.45, 2.75) is 19.3 Å². The van der Waals surface area contributed by atoms with E-state index in [0.29, 0.717) is 15.6 Å². The lowest BCUT2D eigenvalue weighted by Gasteiger charge is -2.17. The highest BCUT2D eigenvalue weighted by molar-refractivity contribution is 6.42. The van der Waals surface area contributed by atoms with Gasteiger partial charge in [0.15, 0.2) is 0 Å². The SMILES string of the molecule is COc1ccc2c(c1)CCC/C2=N/OC(=O)c1ccc(Cl)c(Cl)c1. The molecule has 124 valence electrons. The van der Waals surface area contributed by atoms with Crippen molar-refractivity contribution in [3.63, 3.8) is 0 Å². The Labute approximate surface area is 150 Å². The highest BCUT2D eigenvalue weighted by atomic mass is 35.5. The van der Waals surface area contributed by atoms with Gasteiger partial charge in [0, 0.05) is 5.56 Å². The second kappa shape index (κ2) is 7.24. The number of nitrogens with zero attached hydrogens (tertiary/aromatic N) is 1. The molecule has 1 aliphatic carbocycles. The maximum Gasteiger partial charge on any atom is 0.365 e. The predicted molar refractivity (Wildman–Crippen MR) is 94.3 cm³/mol. The number of ether oxygens (including phenoxy) is 1. The molecule has 0 fully saturated rings. The van der Waals surface area contributed by atoms with Gasteiger partial charge in [-0.3, -0.25) is 0 Å². The van der Waals surface area contributed by atoms with Gasteiger partial charge in [-0.15, -0.1) is 0 Å². The van der Waals surface area contributed by atoms with Crippen molar-refractivity contribution in [2.24, 2.45) is 5.16 Å². The van der Waals surface area contributed by atoms with Crippen molar-refractivity contribution in [1.82, 2.24) is 0 Å². The second-order valence-electron chi connectivity index (χ2n) is 5.42. The van der Waals surface area contributed by atoms with E-state index in [-0.39, 0.29) is 0 Å². The van der Waals surface area contributed by atoms with Gasteiger partial charge >= 0.3 is 5.97 Å². The summed E-state index contributed by atoms with van der Waals surface area (Å²) in [4.78, 5) is 17.2. The third kappa shape index (κ3) is 3.55. The molecule has 0 N–H and O–H groups in total. The Hall–Kier alpha value is -2.04. The van der Waals surface area contributed by atoms with Crippen molar-refractivity contribution in [1.29, 1.82) is 0 Å². The first kappa shape index (κ1) is 16.8. The fraction of sp³-hybridized carbons (Fsp3) is 0.222. The molecule has 0 amide bonds. The molecule has 24 heavy (non-hydrogen) atoms. The summed E-state index contributed by atoms with van der Waals surface area (Å²) in [6.45, 7) is 0. The maximum atomic E-state index is 12.1. The first-order chi connectivity index (χ1) is 11.6. The molecule has 0 radical (unpaired) electrons. The standard InChI is InChI=1S/C18H15Cl2NO3/c1-23-13-6-7-14-11(9-13)3-2-4-17(14)21-24-18(22)12-5-8-15(19)16(20)10-12/h5-10H,2-4H2,1H3/b21-17-. The summed E-state index contributed by atoms with van der Waals surface area (Å²) in [7, 11) is 1.64. The minimum Gasteiger partial charge on any atom is -0.497 e. The van der Waals surface area contributed by atoms with E-state index in [0.717, 1.165) is 41.9 Å². The van der Waals surface area contributed by atoms with Crippen molar-refractivity contribution >= 4 is 34.9 Å². The van der Waals surface area contributed by atoms with Gasteiger partial charge in [-0.05, 0) is 61.2 Å². The molecule has 0 aromatic heterocycles. The summed E-state index contributed by atoms with van der Waals surface area (Å²) >= 11 is 11.8. The predicted octanol–water partition coefficient (Wildman–Crippen LogP) is 4.90. The van der Waals surface area contributed by atoms with Gasteiger partial charge in [0.1, 0.15) is 5.75 Å². The van der Waals surface area contributed by atoms with E-state index in [1.807, 2.05) is 18.2 Å². The van der Waals surface area contributed by atoms with Crippen molar-refractivity contribution < 1.29 is 14.4 Å². The van der Waals surface area contributed by atoms with Gasteiger partial charge in [-0.1, -0.05) is 28.4 Å². The molecule has 0 aliphatic heterocycles. The van der Waals surface area contributed by atoms with Crippen LogP contribution in [0.2, 0.25) is 10.0 Å². The number of carbonyl (C=O) groups is 1. The summed E-state index contributed by atoms with van der Waals surface area (Å²) < 4.78 is 5.24. The Morgan fingerprint density at radius 1 is 1.08 bits per heavy atom. The van der Waals surface area contributed by atoms with Gasteiger partial charge in [0.2, 0.25) is 0 Å². The molecule has 1 aliphatic rings. The zero-order chi connectivity index (χ0) is 17.1. The fourth-order valence-electron chi connectivity index (χ4n) is 2.63. The third-order valence-corrected chi connectivity index (χ3v) is 4.62. The number of carbonyl (C=O) groups excluding carboxylic acids is 1. The lowest BCUT2D eigenvalue weighted by molar-refractivity contribution is 0.0515.